The molecule has 1 rings (SSSR count). The average Bonchev–Trinajstić information content (AvgIpc) is 2.58. The summed E-state index contributed by atoms with van der Waals surface area (Å²) >= 11 is 3.43. The molecule has 0 bridgehead atoms. The van der Waals surface area contributed by atoms with Crippen LogP contribution in [0.15, 0.2) is 22.7 Å². The molecule has 5 nitrogen and oxygen atoms in total. The first-order chi connectivity index (χ1) is 11.9. The average molecular weight is 415 g/mol. The van der Waals surface area contributed by atoms with Crippen molar-refractivity contribution < 1.29 is 14.6 Å². The van der Waals surface area contributed by atoms with Crippen molar-refractivity contribution in [2.75, 3.05) is 19.7 Å². The van der Waals surface area contributed by atoms with Crippen LogP contribution in [0.1, 0.15) is 56.8 Å². The van der Waals surface area contributed by atoms with Crippen molar-refractivity contribution in [3.63, 3.8) is 0 Å². The number of carbonyl (C=O) groups is 1. The molecule has 1 unspecified atom stereocenters. The Morgan fingerprint density at radius 1 is 1.28 bits per heavy atom. The molecule has 0 aliphatic rings. The van der Waals surface area contributed by atoms with E-state index in [-0.39, 0.29) is 12.5 Å². The van der Waals surface area contributed by atoms with Gasteiger partial charge < -0.3 is 20.5 Å². The molecule has 3 N–H and O–H groups in total. The molecule has 6 heteroatoms. The Hall–Kier alpha value is -1.11. The summed E-state index contributed by atoms with van der Waals surface area (Å²) in [5, 5.41) is 16.0. The summed E-state index contributed by atoms with van der Waals surface area (Å²) in [5.41, 5.74) is 0.594. The fraction of sp³-hybridized carbons (Fsp3) is 0.632. The topological polar surface area (TPSA) is 70.6 Å². The van der Waals surface area contributed by atoms with Gasteiger partial charge in [0, 0.05) is 24.7 Å². The number of benzene rings is 1. The van der Waals surface area contributed by atoms with Crippen LogP contribution in [0.4, 0.5) is 0 Å². The minimum atomic E-state index is -0.583. The smallest absolute Gasteiger partial charge is 0.251 e. The zero-order chi connectivity index (χ0) is 18.7. The Bertz CT molecular complexity index is 523. The quantitative estimate of drug-likeness (QED) is 0.457. The number of carbonyl (C=O) groups excluding carboxylic acids is 1. The number of hydrogen-bond donors (Lipinski definition) is 3. The van der Waals surface area contributed by atoms with Gasteiger partial charge in [0.2, 0.25) is 0 Å². The molecule has 0 heterocycles. The van der Waals surface area contributed by atoms with Gasteiger partial charge in [0.15, 0.2) is 0 Å². The Morgan fingerprint density at radius 2 is 2.04 bits per heavy atom. The van der Waals surface area contributed by atoms with E-state index < -0.39 is 6.10 Å². The predicted octanol–water partition coefficient (Wildman–Crippen LogP) is 3.50. The highest BCUT2D eigenvalue weighted by molar-refractivity contribution is 9.10. The maximum absolute atomic E-state index is 12.1. The largest absolute Gasteiger partial charge is 0.490 e. The fourth-order valence-corrected chi connectivity index (χ4v) is 2.72. The molecule has 1 aromatic rings. The second-order valence-corrected chi connectivity index (χ2v) is 7.34. The molecule has 1 amide bonds. The van der Waals surface area contributed by atoms with Crippen molar-refractivity contribution in [2.24, 2.45) is 0 Å². The summed E-state index contributed by atoms with van der Waals surface area (Å²) in [7, 11) is 0. The van der Waals surface area contributed by atoms with Crippen LogP contribution in [0.25, 0.3) is 0 Å². The third-order valence-corrected chi connectivity index (χ3v) is 4.32. The molecular formula is C19H31BrN2O3. The molecule has 0 radical (unpaired) electrons. The molecule has 0 saturated carbocycles. The van der Waals surface area contributed by atoms with Crippen molar-refractivity contribution >= 4 is 21.8 Å². The van der Waals surface area contributed by atoms with Crippen LogP contribution in [0, 0.1) is 0 Å². The lowest BCUT2D eigenvalue weighted by atomic mass is 10.2. The number of rotatable bonds is 12. The predicted molar refractivity (Wildman–Crippen MR) is 105 cm³/mol. The van der Waals surface area contributed by atoms with Crippen molar-refractivity contribution in [1.29, 1.82) is 0 Å². The first-order valence-electron chi connectivity index (χ1n) is 9.06. The van der Waals surface area contributed by atoms with E-state index in [0.29, 0.717) is 34.9 Å². The molecule has 0 saturated heterocycles. The van der Waals surface area contributed by atoms with Gasteiger partial charge in [-0.3, -0.25) is 4.79 Å². The third-order valence-electron chi connectivity index (χ3n) is 3.70. The molecule has 0 aliphatic carbocycles. The van der Waals surface area contributed by atoms with Gasteiger partial charge in [-0.1, -0.05) is 40.0 Å². The van der Waals surface area contributed by atoms with Crippen LogP contribution < -0.4 is 15.4 Å². The van der Waals surface area contributed by atoms with Crippen LogP contribution in [0.5, 0.6) is 5.75 Å². The molecule has 0 fully saturated rings. The van der Waals surface area contributed by atoms with Crippen LogP contribution in [0.3, 0.4) is 0 Å². The third kappa shape index (κ3) is 9.23. The minimum Gasteiger partial charge on any atom is -0.490 e. The van der Waals surface area contributed by atoms with Gasteiger partial charge in [-0.05, 0) is 40.5 Å². The lowest BCUT2D eigenvalue weighted by Crippen LogP contribution is -2.35. The normalized spacial score (nSPS) is 12.2. The number of halogens is 1. The second-order valence-electron chi connectivity index (χ2n) is 6.49. The lowest BCUT2D eigenvalue weighted by molar-refractivity contribution is 0.0951. The second kappa shape index (κ2) is 12.3. The standard InChI is InChI=1S/C19H31BrN2O3/c1-4-5-6-7-10-21-19(24)15-8-9-18(17(20)11-15)25-13-16(23)12-22-14(2)3/h8-9,11,14,16,22-23H,4-7,10,12-13H2,1-3H3,(H,21,24). The van der Waals surface area contributed by atoms with Gasteiger partial charge in [-0.2, -0.15) is 0 Å². The molecule has 1 atom stereocenters. The van der Waals surface area contributed by atoms with E-state index in [0.717, 1.165) is 12.8 Å². The van der Waals surface area contributed by atoms with Crippen LogP contribution in [-0.2, 0) is 0 Å². The first kappa shape index (κ1) is 21.9. The summed E-state index contributed by atoms with van der Waals surface area (Å²) in [6.07, 6.45) is 3.95. The minimum absolute atomic E-state index is 0.0788. The summed E-state index contributed by atoms with van der Waals surface area (Å²) in [5.74, 6) is 0.535. The SMILES string of the molecule is CCCCCCNC(=O)c1ccc(OCC(O)CNC(C)C)c(Br)c1. The highest BCUT2D eigenvalue weighted by atomic mass is 79.9. The zero-order valence-electron chi connectivity index (χ0n) is 15.5. The number of aliphatic hydroxyl groups excluding tert-OH is 1. The number of ether oxygens (including phenoxy) is 1. The van der Waals surface area contributed by atoms with E-state index in [4.69, 9.17) is 4.74 Å². The summed E-state index contributed by atoms with van der Waals surface area (Å²) < 4.78 is 6.33. The number of nitrogens with one attached hydrogen (secondary N) is 2. The van der Waals surface area contributed by atoms with Gasteiger partial charge in [0.25, 0.3) is 5.91 Å². The Labute approximate surface area is 159 Å². The molecule has 0 aromatic heterocycles. The van der Waals surface area contributed by atoms with E-state index >= 15 is 0 Å². The van der Waals surface area contributed by atoms with Crippen LogP contribution in [0.2, 0.25) is 0 Å². The number of aliphatic hydroxyl groups is 1. The number of hydrogen-bond acceptors (Lipinski definition) is 4. The fourth-order valence-electron chi connectivity index (χ4n) is 2.23. The van der Waals surface area contributed by atoms with E-state index in [1.165, 1.54) is 12.8 Å². The van der Waals surface area contributed by atoms with E-state index in [2.05, 4.69) is 33.5 Å². The van der Waals surface area contributed by atoms with Crippen molar-refractivity contribution in [3.05, 3.63) is 28.2 Å². The number of amides is 1. The van der Waals surface area contributed by atoms with Gasteiger partial charge in [0.1, 0.15) is 18.5 Å². The van der Waals surface area contributed by atoms with E-state index in [9.17, 15) is 9.90 Å². The Morgan fingerprint density at radius 3 is 2.68 bits per heavy atom. The molecule has 0 aliphatic heterocycles. The zero-order valence-corrected chi connectivity index (χ0v) is 17.1. The van der Waals surface area contributed by atoms with Gasteiger partial charge in [0.05, 0.1) is 4.47 Å². The maximum atomic E-state index is 12.1. The maximum Gasteiger partial charge on any atom is 0.251 e. The molecular weight excluding hydrogens is 384 g/mol. The van der Waals surface area contributed by atoms with Crippen LogP contribution in [-0.4, -0.2) is 42.9 Å². The van der Waals surface area contributed by atoms with E-state index in [1.807, 2.05) is 13.8 Å². The molecule has 0 spiro atoms. The summed E-state index contributed by atoms with van der Waals surface area (Å²) in [4.78, 5) is 12.1. The van der Waals surface area contributed by atoms with Crippen LogP contribution >= 0.6 is 15.9 Å². The first-order valence-corrected chi connectivity index (χ1v) is 9.85. The summed E-state index contributed by atoms with van der Waals surface area (Å²) in [6.45, 7) is 7.59. The molecule has 25 heavy (non-hydrogen) atoms. The van der Waals surface area contributed by atoms with Crippen molar-refractivity contribution in [2.45, 2.75) is 58.6 Å². The highest BCUT2D eigenvalue weighted by Crippen LogP contribution is 2.26. The molecule has 1 aromatic carbocycles. The Balaban J connectivity index is 2.43. The van der Waals surface area contributed by atoms with Crippen molar-refractivity contribution in [1.82, 2.24) is 10.6 Å². The monoisotopic (exact) mass is 414 g/mol. The Kier molecular flexibility index (Phi) is 10.8. The number of unbranched alkanes of at least 4 members (excludes halogenated alkanes) is 3. The van der Waals surface area contributed by atoms with Gasteiger partial charge in [-0.15, -0.1) is 0 Å². The lowest BCUT2D eigenvalue weighted by Gasteiger charge is -2.16. The highest BCUT2D eigenvalue weighted by Gasteiger charge is 2.11. The molecule has 142 valence electrons. The van der Waals surface area contributed by atoms with Gasteiger partial charge in [-0.25, -0.2) is 0 Å². The van der Waals surface area contributed by atoms with Gasteiger partial charge >= 0.3 is 0 Å². The van der Waals surface area contributed by atoms with Crippen molar-refractivity contribution in [3.8, 4) is 5.75 Å². The van der Waals surface area contributed by atoms with E-state index in [1.54, 1.807) is 18.2 Å². The summed E-state index contributed by atoms with van der Waals surface area (Å²) in [6, 6.07) is 5.55.